The summed E-state index contributed by atoms with van der Waals surface area (Å²) in [6.07, 6.45) is 1.66. The molecule has 3 atom stereocenters. The number of hydrogen-bond acceptors (Lipinski definition) is 18. The zero-order valence-corrected chi connectivity index (χ0v) is 44.5. The van der Waals surface area contributed by atoms with Crippen LogP contribution in [0.1, 0.15) is 86.0 Å². The van der Waals surface area contributed by atoms with Gasteiger partial charge in [0.15, 0.2) is 11.4 Å². The fourth-order valence-corrected chi connectivity index (χ4v) is 12.5. The molecule has 4 amide bonds. The van der Waals surface area contributed by atoms with Crippen LogP contribution >= 0.6 is 11.3 Å². The number of sulfone groups is 1. The quantitative estimate of drug-likeness (QED) is 0.0406. The van der Waals surface area contributed by atoms with E-state index < -0.39 is 68.2 Å². The first kappa shape index (κ1) is 55.3. The standard InChI is InChI=1S/C52H60FN7O15S2/c1-5-52(67)34-23-39-44-32(25-60(39)49(65)33(34)26-75-50(52)66)30-10-14-74-45-37(9-8-36(56-44)42(30)45)57-46(62)28(4)55-48(64)43(27(2)3)59-41(61)11-13-70-16-18-72-20-21-73-19-17-71-15-12-54-47(63)31-22-40-38(24-35(31)53)58-51(76-40)77(68,69)29-6-7-29/h8-9,22-24,27-29,43,67H,5-7,10-21,25-26H2,1-4H3,(H,54,63)(H,55,64)(H,57,62)(H,59,61)/t28-,43-,52-/m0/s1. The molecule has 4 aliphatic rings. The van der Waals surface area contributed by atoms with Gasteiger partial charge in [0.1, 0.15) is 24.5 Å². The summed E-state index contributed by atoms with van der Waals surface area (Å²) in [6, 6.07) is 5.46. The van der Waals surface area contributed by atoms with Gasteiger partial charge >= 0.3 is 5.97 Å². The number of fused-ring (bicyclic) bond motifs is 6. The Labute approximate surface area is 445 Å². The Balaban J connectivity index is 0.651. The van der Waals surface area contributed by atoms with E-state index >= 15 is 0 Å². The highest BCUT2D eigenvalue weighted by Crippen LogP contribution is 2.45. The number of rotatable bonds is 25. The summed E-state index contributed by atoms with van der Waals surface area (Å²) in [6.45, 7) is 8.80. The van der Waals surface area contributed by atoms with Crippen LogP contribution < -0.4 is 31.6 Å². The third-order valence-electron chi connectivity index (χ3n) is 13.8. The van der Waals surface area contributed by atoms with Crippen molar-refractivity contribution in [2.75, 3.05) is 71.3 Å². The van der Waals surface area contributed by atoms with E-state index in [0.29, 0.717) is 57.7 Å². The van der Waals surface area contributed by atoms with Gasteiger partial charge in [0.25, 0.3) is 11.5 Å². The molecule has 3 aliphatic heterocycles. The summed E-state index contributed by atoms with van der Waals surface area (Å²) in [5.41, 5.74) is 1.75. The summed E-state index contributed by atoms with van der Waals surface area (Å²) >= 11 is 0.925. The van der Waals surface area contributed by atoms with Crippen molar-refractivity contribution in [2.24, 2.45) is 5.92 Å². The van der Waals surface area contributed by atoms with Crippen LogP contribution in [-0.2, 0) is 77.9 Å². The van der Waals surface area contributed by atoms with Crippen molar-refractivity contribution in [3.63, 3.8) is 0 Å². The van der Waals surface area contributed by atoms with E-state index in [1.165, 1.54) is 13.0 Å². The Morgan fingerprint density at radius 3 is 2.27 bits per heavy atom. The maximum absolute atomic E-state index is 14.7. The number of esters is 1. The van der Waals surface area contributed by atoms with Crippen molar-refractivity contribution in [1.29, 1.82) is 0 Å². The van der Waals surface area contributed by atoms with Crippen LogP contribution in [0.15, 0.2) is 39.5 Å². The van der Waals surface area contributed by atoms with Crippen molar-refractivity contribution in [2.45, 2.75) is 100 Å². The fraction of sp³-hybridized carbons (Fsp3) is 0.500. The molecule has 77 heavy (non-hydrogen) atoms. The van der Waals surface area contributed by atoms with E-state index in [0.717, 1.165) is 28.5 Å². The monoisotopic (exact) mass is 1110 g/mol. The van der Waals surface area contributed by atoms with Gasteiger partial charge in [-0.25, -0.2) is 27.6 Å². The van der Waals surface area contributed by atoms with E-state index in [2.05, 4.69) is 26.3 Å². The number of aromatic nitrogens is 3. The van der Waals surface area contributed by atoms with Gasteiger partial charge < -0.3 is 59.4 Å². The maximum atomic E-state index is 14.7. The van der Waals surface area contributed by atoms with E-state index in [1.54, 1.807) is 43.5 Å². The molecular weight excluding hydrogens is 1050 g/mol. The number of anilines is 1. The first-order valence-electron chi connectivity index (χ1n) is 25.5. The second kappa shape index (κ2) is 23.2. The van der Waals surface area contributed by atoms with Crippen LogP contribution in [0.3, 0.4) is 0 Å². The van der Waals surface area contributed by atoms with Crippen LogP contribution in [0.4, 0.5) is 10.1 Å². The normalized spacial score (nSPS) is 17.3. The number of amides is 4. The maximum Gasteiger partial charge on any atom is 0.343 e. The number of benzene rings is 2. The third-order valence-corrected chi connectivity index (χ3v) is 17.5. The molecule has 0 saturated heterocycles. The summed E-state index contributed by atoms with van der Waals surface area (Å²) < 4.78 is 75.0. The molecular formula is C52H60FN7O15S2. The van der Waals surface area contributed by atoms with Gasteiger partial charge in [0.05, 0.1) is 115 Å². The lowest BCUT2D eigenvalue weighted by Gasteiger charge is -2.31. The first-order chi connectivity index (χ1) is 36.9. The lowest BCUT2D eigenvalue weighted by Crippen LogP contribution is -2.53. The number of nitrogens with zero attached hydrogens (tertiary/aromatic N) is 3. The highest BCUT2D eigenvalue weighted by atomic mass is 32.2. The summed E-state index contributed by atoms with van der Waals surface area (Å²) in [4.78, 5) is 88.0. The number of thiazole rings is 1. The average Bonchev–Trinajstić information content (AvgIpc) is 4.16. The zero-order valence-electron chi connectivity index (χ0n) is 42.9. The van der Waals surface area contributed by atoms with Crippen LogP contribution in [-0.4, -0.2) is 141 Å². The second-order valence-corrected chi connectivity index (χ2v) is 22.9. The molecule has 0 radical (unpaired) electrons. The summed E-state index contributed by atoms with van der Waals surface area (Å²) in [5, 5.41) is 22.4. The molecule has 25 heteroatoms. The van der Waals surface area contributed by atoms with E-state index in [1.807, 2.05) is 0 Å². The molecule has 5 aromatic rings. The van der Waals surface area contributed by atoms with Gasteiger partial charge in [-0.1, -0.05) is 20.8 Å². The van der Waals surface area contributed by atoms with Gasteiger partial charge in [-0.2, -0.15) is 0 Å². The molecule has 22 nitrogen and oxygen atoms in total. The highest BCUT2D eigenvalue weighted by Gasteiger charge is 2.46. The van der Waals surface area contributed by atoms with E-state index in [9.17, 15) is 46.7 Å². The Hall–Kier alpha value is -6.48. The molecule has 3 aromatic heterocycles. The molecule has 0 bridgehead atoms. The number of carbonyl (C=O) groups excluding carboxylic acids is 5. The molecule has 1 aliphatic carbocycles. The van der Waals surface area contributed by atoms with E-state index in [-0.39, 0.29) is 130 Å². The topological polar surface area (TPSA) is 291 Å². The van der Waals surface area contributed by atoms with Crippen molar-refractivity contribution in [1.82, 2.24) is 30.5 Å². The third kappa shape index (κ3) is 11.6. The minimum Gasteiger partial charge on any atom is -0.490 e. The Bertz CT molecular complexity index is 3330. The number of cyclic esters (lactones) is 1. The van der Waals surface area contributed by atoms with Gasteiger partial charge in [-0.15, -0.1) is 11.3 Å². The Kier molecular flexibility index (Phi) is 16.7. The second-order valence-electron chi connectivity index (χ2n) is 19.4. The largest absolute Gasteiger partial charge is 0.490 e. The van der Waals surface area contributed by atoms with Crippen LogP contribution in [0.5, 0.6) is 5.75 Å². The molecule has 2 aromatic carbocycles. The summed E-state index contributed by atoms with van der Waals surface area (Å²) in [7, 11) is -3.53. The Morgan fingerprint density at radius 1 is 0.883 bits per heavy atom. The number of carbonyl (C=O) groups is 5. The average molecular weight is 1110 g/mol. The lowest BCUT2D eigenvalue weighted by molar-refractivity contribution is -0.172. The first-order valence-corrected chi connectivity index (χ1v) is 27.9. The van der Waals surface area contributed by atoms with Crippen LogP contribution in [0, 0.1) is 11.7 Å². The molecule has 9 rings (SSSR count). The number of pyridine rings is 2. The van der Waals surface area contributed by atoms with E-state index in [4.69, 9.17) is 33.4 Å². The molecule has 6 heterocycles. The predicted molar refractivity (Wildman–Crippen MR) is 277 cm³/mol. The molecule has 0 unspecified atom stereocenters. The number of ether oxygens (including phenoxy) is 6. The van der Waals surface area contributed by atoms with Crippen molar-refractivity contribution in [3.05, 3.63) is 74.3 Å². The molecule has 0 spiro atoms. The fourth-order valence-electron chi connectivity index (χ4n) is 9.40. The van der Waals surface area contributed by atoms with Gasteiger partial charge in [0.2, 0.25) is 31.9 Å². The van der Waals surface area contributed by atoms with Gasteiger partial charge in [-0.3, -0.25) is 24.0 Å². The van der Waals surface area contributed by atoms with Gasteiger partial charge in [-0.05, 0) is 61.9 Å². The molecule has 1 fully saturated rings. The number of hydrogen-bond donors (Lipinski definition) is 5. The zero-order chi connectivity index (χ0) is 54.8. The Morgan fingerprint density at radius 2 is 1.58 bits per heavy atom. The lowest BCUT2D eigenvalue weighted by atomic mass is 9.86. The summed E-state index contributed by atoms with van der Waals surface area (Å²) in [5.74, 6) is -3.69. The molecule has 412 valence electrons. The van der Waals surface area contributed by atoms with Gasteiger partial charge in [0, 0.05) is 42.0 Å². The number of nitrogens with one attached hydrogen (secondary N) is 4. The van der Waals surface area contributed by atoms with Crippen molar-refractivity contribution < 1.29 is 70.3 Å². The highest BCUT2D eigenvalue weighted by molar-refractivity contribution is 7.94. The minimum atomic E-state index is -3.53. The SMILES string of the molecule is CC[C@@]1(O)C(=O)OCc2c1cc1n(c2=O)Cc2c-1nc1ccc(NC(=O)[C@H](C)NC(=O)[C@@H](NC(=O)CCOCCOCCOCCOCCNC(=O)c3cc4sc(S(=O)(=O)C5CC5)nc4cc3F)C(C)C)c3c1c2CCO3. The molecule has 5 N–H and O–H groups in total. The van der Waals surface area contributed by atoms with Crippen molar-refractivity contribution >= 4 is 77.6 Å². The number of halogens is 1. The number of aliphatic hydroxyl groups is 1. The predicted octanol–water partition coefficient (Wildman–Crippen LogP) is 3.17. The van der Waals surface area contributed by atoms with Crippen molar-refractivity contribution in [3.8, 4) is 17.1 Å². The van der Waals surface area contributed by atoms with Crippen LogP contribution in [0.2, 0.25) is 0 Å². The smallest absolute Gasteiger partial charge is 0.343 e. The minimum absolute atomic E-state index is 0.0230. The molecule has 1 saturated carbocycles. The van der Waals surface area contributed by atoms with Crippen LogP contribution in [0.25, 0.3) is 32.5 Å².